The van der Waals surface area contributed by atoms with Crippen molar-refractivity contribution >= 4 is 34.7 Å². The molecule has 6 nitrogen and oxygen atoms in total. The molecule has 0 spiro atoms. The second kappa shape index (κ2) is 10.1. The lowest BCUT2D eigenvalue weighted by Crippen LogP contribution is -2.55. The third-order valence-electron chi connectivity index (χ3n) is 3.02. The summed E-state index contributed by atoms with van der Waals surface area (Å²) < 4.78 is 9.98. The standard InChI is InChI=1S/C12H24N4O2S2/c1-17-9-3-13-11(19)15-5-7-16(8-6-15)12(20)14-4-10-18-2/h3-10H2,1-2H3,(H,13,19)(H,14,20). The van der Waals surface area contributed by atoms with Crippen molar-refractivity contribution in [2.24, 2.45) is 0 Å². The van der Waals surface area contributed by atoms with Gasteiger partial charge in [-0.25, -0.2) is 0 Å². The molecule has 1 aliphatic rings. The maximum atomic E-state index is 5.35. The SMILES string of the molecule is COCCNC(=S)N1CCN(C(=S)NCCOC)CC1. The molecule has 0 aromatic carbocycles. The summed E-state index contributed by atoms with van der Waals surface area (Å²) in [5.74, 6) is 0. The van der Waals surface area contributed by atoms with Crippen LogP contribution in [0.1, 0.15) is 0 Å². The summed E-state index contributed by atoms with van der Waals surface area (Å²) in [5, 5.41) is 7.96. The fraction of sp³-hybridized carbons (Fsp3) is 0.833. The number of hydrogen-bond donors (Lipinski definition) is 2. The van der Waals surface area contributed by atoms with Crippen LogP contribution in [0.5, 0.6) is 0 Å². The van der Waals surface area contributed by atoms with Crippen LogP contribution in [0.2, 0.25) is 0 Å². The second-order valence-electron chi connectivity index (χ2n) is 4.42. The van der Waals surface area contributed by atoms with Gasteiger partial charge in [-0.2, -0.15) is 0 Å². The van der Waals surface area contributed by atoms with Crippen LogP contribution in [0.15, 0.2) is 0 Å². The largest absolute Gasteiger partial charge is 0.383 e. The topological polar surface area (TPSA) is 49.0 Å². The highest BCUT2D eigenvalue weighted by molar-refractivity contribution is 7.80. The van der Waals surface area contributed by atoms with E-state index in [0.717, 1.165) is 49.5 Å². The monoisotopic (exact) mass is 320 g/mol. The molecule has 1 rings (SSSR count). The predicted molar refractivity (Wildman–Crippen MR) is 88.1 cm³/mol. The molecule has 0 radical (unpaired) electrons. The molecule has 0 bridgehead atoms. The first-order valence-electron chi connectivity index (χ1n) is 6.72. The Hall–Kier alpha value is -0.700. The smallest absolute Gasteiger partial charge is 0.169 e. The third kappa shape index (κ3) is 6.17. The fourth-order valence-corrected chi connectivity index (χ4v) is 2.43. The average molecular weight is 320 g/mol. The molecule has 1 aliphatic heterocycles. The van der Waals surface area contributed by atoms with Gasteiger partial charge >= 0.3 is 0 Å². The predicted octanol–water partition coefficient (Wildman–Crippen LogP) is -0.354. The molecule has 0 unspecified atom stereocenters. The lowest BCUT2D eigenvalue weighted by Gasteiger charge is -2.37. The van der Waals surface area contributed by atoms with Crippen molar-refractivity contribution in [2.75, 3.05) is 66.7 Å². The molecule has 1 saturated heterocycles. The zero-order chi connectivity index (χ0) is 14.8. The van der Waals surface area contributed by atoms with Crippen molar-refractivity contribution < 1.29 is 9.47 Å². The summed E-state index contributed by atoms with van der Waals surface area (Å²) in [7, 11) is 3.36. The van der Waals surface area contributed by atoms with Gasteiger partial charge < -0.3 is 29.9 Å². The Balaban J connectivity index is 2.21. The normalized spacial score (nSPS) is 15.1. The summed E-state index contributed by atoms with van der Waals surface area (Å²) >= 11 is 10.7. The van der Waals surface area contributed by atoms with E-state index in [1.807, 2.05) is 0 Å². The van der Waals surface area contributed by atoms with Crippen molar-refractivity contribution in [3.63, 3.8) is 0 Å². The summed E-state index contributed by atoms with van der Waals surface area (Å²) in [6, 6.07) is 0. The molecule has 0 atom stereocenters. The van der Waals surface area contributed by atoms with Crippen LogP contribution in [0.4, 0.5) is 0 Å². The van der Waals surface area contributed by atoms with Gasteiger partial charge in [0.1, 0.15) is 0 Å². The Kier molecular flexibility index (Phi) is 8.75. The number of nitrogens with zero attached hydrogens (tertiary/aromatic N) is 2. The first kappa shape index (κ1) is 17.4. The van der Waals surface area contributed by atoms with Gasteiger partial charge in [0.25, 0.3) is 0 Å². The number of rotatable bonds is 6. The lowest BCUT2D eigenvalue weighted by molar-refractivity contribution is 0.199. The van der Waals surface area contributed by atoms with E-state index in [4.69, 9.17) is 33.9 Å². The average Bonchev–Trinajstić information content (AvgIpc) is 2.47. The Morgan fingerprint density at radius 2 is 1.20 bits per heavy atom. The highest BCUT2D eigenvalue weighted by atomic mass is 32.1. The van der Waals surface area contributed by atoms with E-state index in [9.17, 15) is 0 Å². The zero-order valence-corrected chi connectivity index (χ0v) is 13.8. The maximum Gasteiger partial charge on any atom is 0.169 e. The van der Waals surface area contributed by atoms with Crippen LogP contribution in [-0.2, 0) is 9.47 Å². The first-order valence-corrected chi connectivity index (χ1v) is 7.54. The van der Waals surface area contributed by atoms with Crippen molar-refractivity contribution in [3.8, 4) is 0 Å². The van der Waals surface area contributed by atoms with Gasteiger partial charge in [-0.15, -0.1) is 0 Å². The van der Waals surface area contributed by atoms with Crippen LogP contribution < -0.4 is 10.6 Å². The molecule has 0 aliphatic carbocycles. The molecule has 8 heteroatoms. The van der Waals surface area contributed by atoms with Crippen LogP contribution in [0, 0.1) is 0 Å². The minimum Gasteiger partial charge on any atom is -0.383 e. The number of nitrogens with one attached hydrogen (secondary N) is 2. The molecule has 0 saturated carbocycles. The van der Waals surface area contributed by atoms with E-state index >= 15 is 0 Å². The number of methoxy groups -OCH3 is 2. The highest BCUT2D eigenvalue weighted by Crippen LogP contribution is 2.02. The molecule has 1 fully saturated rings. The molecule has 116 valence electrons. The number of thiocarbonyl (C=S) groups is 2. The van der Waals surface area contributed by atoms with Crippen LogP contribution >= 0.6 is 24.4 Å². The van der Waals surface area contributed by atoms with Crippen molar-refractivity contribution in [1.29, 1.82) is 0 Å². The van der Waals surface area contributed by atoms with Crippen LogP contribution in [-0.4, -0.2) is 86.7 Å². The van der Waals surface area contributed by atoms with Crippen molar-refractivity contribution in [2.45, 2.75) is 0 Å². The Bertz CT molecular complexity index is 280. The summed E-state index contributed by atoms with van der Waals surface area (Å²) in [5.41, 5.74) is 0. The van der Waals surface area contributed by atoms with Gasteiger partial charge in [-0.1, -0.05) is 0 Å². The molecule has 1 heterocycles. The second-order valence-corrected chi connectivity index (χ2v) is 5.20. The van der Waals surface area contributed by atoms with Gasteiger partial charge in [-0.05, 0) is 24.4 Å². The van der Waals surface area contributed by atoms with Crippen LogP contribution in [0.3, 0.4) is 0 Å². The zero-order valence-electron chi connectivity index (χ0n) is 12.2. The summed E-state index contributed by atoms with van der Waals surface area (Å²) in [4.78, 5) is 4.33. The number of ether oxygens (including phenoxy) is 2. The third-order valence-corrected chi connectivity index (χ3v) is 3.82. The minimum atomic E-state index is 0.660. The molecule has 0 amide bonds. The van der Waals surface area contributed by atoms with Crippen LogP contribution in [0.25, 0.3) is 0 Å². The minimum absolute atomic E-state index is 0.660. The molecule has 20 heavy (non-hydrogen) atoms. The quantitative estimate of drug-likeness (QED) is 0.509. The maximum absolute atomic E-state index is 5.35. The van der Waals surface area contributed by atoms with Gasteiger partial charge in [0.05, 0.1) is 13.2 Å². The van der Waals surface area contributed by atoms with E-state index in [0.29, 0.717) is 13.2 Å². The summed E-state index contributed by atoms with van der Waals surface area (Å²) in [6.45, 7) is 6.33. The lowest BCUT2D eigenvalue weighted by atomic mass is 10.3. The van der Waals surface area contributed by atoms with Gasteiger partial charge in [0.2, 0.25) is 0 Å². The first-order chi connectivity index (χ1) is 9.69. The molecule has 0 aromatic heterocycles. The molecule has 2 N–H and O–H groups in total. The van der Waals surface area contributed by atoms with Crippen molar-refractivity contribution in [3.05, 3.63) is 0 Å². The molecular weight excluding hydrogens is 296 g/mol. The number of piperazine rings is 1. The fourth-order valence-electron chi connectivity index (χ4n) is 1.86. The van der Waals surface area contributed by atoms with Gasteiger partial charge in [0, 0.05) is 53.5 Å². The van der Waals surface area contributed by atoms with E-state index < -0.39 is 0 Å². The summed E-state index contributed by atoms with van der Waals surface area (Å²) in [6.07, 6.45) is 0. The van der Waals surface area contributed by atoms with E-state index in [2.05, 4.69) is 20.4 Å². The Morgan fingerprint density at radius 1 is 0.850 bits per heavy atom. The molecule has 0 aromatic rings. The van der Waals surface area contributed by atoms with Crippen molar-refractivity contribution in [1.82, 2.24) is 20.4 Å². The molecular formula is C12H24N4O2S2. The Morgan fingerprint density at radius 3 is 1.50 bits per heavy atom. The Labute approximate surface area is 131 Å². The van der Waals surface area contributed by atoms with E-state index in [1.165, 1.54) is 0 Å². The number of hydrogen-bond acceptors (Lipinski definition) is 4. The van der Waals surface area contributed by atoms with E-state index in [-0.39, 0.29) is 0 Å². The highest BCUT2D eigenvalue weighted by Gasteiger charge is 2.20. The van der Waals surface area contributed by atoms with Gasteiger partial charge in [-0.3, -0.25) is 0 Å². The van der Waals surface area contributed by atoms with E-state index in [1.54, 1.807) is 14.2 Å². The van der Waals surface area contributed by atoms with Gasteiger partial charge in [0.15, 0.2) is 10.2 Å².